The van der Waals surface area contributed by atoms with Gasteiger partial charge < -0.3 is 10.6 Å². The normalized spacial score (nSPS) is 19.0. The summed E-state index contributed by atoms with van der Waals surface area (Å²) in [6.07, 6.45) is 3.55. The number of nitrogens with one attached hydrogen (secondary N) is 2. The molecule has 0 radical (unpaired) electrons. The van der Waals surface area contributed by atoms with Crippen LogP contribution in [0.15, 0.2) is 6.07 Å². The van der Waals surface area contributed by atoms with Crippen molar-refractivity contribution in [1.82, 2.24) is 20.4 Å². The van der Waals surface area contributed by atoms with E-state index < -0.39 is 11.9 Å². The lowest BCUT2D eigenvalue weighted by Crippen LogP contribution is -2.43. The van der Waals surface area contributed by atoms with Gasteiger partial charge in [0.1, 0.15) is 0 Å². The summed E-state index contributed by atoms with van der Waals surface area (Å²) in [5.74, 6) is 0.200. The average molecular weight is 358 g/mol. The van der Waals surface area contributed by atoms with Crippen LogP contribution in [0.2, 0.25) is 0 Å². The fraction of sp³-hybridized carbons (Fsp3) is 0.765. The minimum Gasteiger partial charge on any atom is -0.338 e. The number of amides is 2. The Morgan fingerprint density at radius 1 is 1.20 bits per heavy atom. The lowest BCUT2D eigenvalue weighted by atomic mass is 9.96. The SMILES string of the molecule is O=C(NCCCn1nc(C(F)(F)F)cc1C1CC1)NC1CCCCC1. The summed E-state index contributed by atoms with van der Waals surface area (Å²) in [7, 11) is 0. The Balaban J connectivity index is 1.44. The van der Waals surface area contributed by atoms with E-state index in [0.717, 1.165) is 38.5 Å². The van der Waals surface area contributed by atoms with Crippen LogP contribution in [-0.4, -0.2) is 28.4 Å². The summed E-state index contributed by atoms with van der Waals surface area (Å²) < 4.78 is 40.0. The molecule has 2 aliphatic rings. The van der Waals surface area contributed by atoms with E-state index >= 15 is 0 Å². The highest BCUT2D eigenvalue weighted by Crippen LogP contribution is 2.42. The summed E-state index contributed by atoms with van der Waals surface area (Å²) >= 11 is 0. The van der Waals surface area contributed by atoms with Gasteiger partial charge in [0.2, 0.25) is 0 Å². The fourth-order valence-corrected chi connectivity index (χ4v) is 3.37. The van der Waals surface area contributed by atoms with Crippen molar-refractivity contribution in [3.8, 4) is 0 Å². The van der Waals surface area contributed by atoms with Gasteiger partial charge in [0, 0.05) is 30.7 Å². The molecule has 2 amide bonds. The molecule has 0 aromatic carbocycles. The van der Waals surface area contributed by atoms with Crippen molar-refractivity contribution in [3.05, 3.63) is 17.5 Å². The highest BCUT2D eigenvalue weighted by atomic mass is 19.4. The highest BCUT2D eigenvalue weighted by Gasteiger charge is 2.37. The quantitative estimate of drug-likeness (QED) is 0.760. The molecule has 25 heavy (non-hydrogen) atoms. The number of halogens is 3. The van der Waals surface area contributed by atoms with E-state index in [0.29, 0.717) is 25.2 Å². The van der Waals surface area contributed by atoms with Crippen molar-refractivity contribution in [2.45, 2.75) is 76.0 Å². The molecule has 1 aromatic heterocycles. The van der Waals surface area contributed by atoms with Crippen molar-refractivity contribution in [1.29, 1.82) is 0 Å². The maximum atomic E-state index is 12.8. The molecule has 2 aliphatic carbocycles. The number of nitrogens with zero attached hydrogens (tertiary/aromatic N) is 2. The molecule has 1 aromatic rings. The monoisotopic (exact) mass is 358 g/mol. The van der Waals surface area contributed by atoms with Crippen molar-refractivity contribution < 1.29 is 18.0 Å². The van der Waals surface area contributed by atoms with Crippen LogP contribution in [0, 0.1) is 0 Å². The molecule has 0 bridgehead atoms. The third kappa shape index (κ3) is 5.12. The predicted molar refractivity (Wildman–Crippen MR) is 87.2 cm³/mol. The number of rotatable bonds is 6. The van der Waals surface area contributed by atoms with E-state index in [4.69, 9.17) is 0 Å². The number of urea groups is 1. The maximum absolute atomic E-state index is 12.8. The highest BCUT2D eigenvalue weighted by molar-refractivity contribution is 5.74. The minimum absolute atomic E-state index is 0.189. The molecule has 8 heteroatoms. The molecule has 1 heterocycles. The van der Waals surface area contributed by atoms with Gasteiger partial charge in [0.15, 0.2) is 5.69 Å². The van der Waals surface area contributed by atoms with Crippen molar-refractivity contribution in [2.24, 2.45) is 0 Å². The summed E-state index contributed by atoms with van der Waals surface area (Å²) in [6.45, 7) is 0.801. The summed E-state index contributed by atoms with van der Waals surface area (Å²) in [4.78, 5) is 11.8. The Kier molecular flexibility index (Phi) is 5.54. The van der Waals surface area contributed by atoms with Gasteiger partial charge in [-0.3, -0.25) is 4.68 Å². The number of alkyl halides is 3. The van der Waals surface area contributed by atoms with Gasteiger partial charge in [0.25, 0.3) is 0 Å². The zero-order chi connectivity index (χ0) is 17.9. The van der Waals surface area contributed by atoms with E-state index in [2.05, 4.69) is 15.7 Å². The third-order valence-corrected chi connectivity index (χ3v) is 4.87. The Bertz CT molecular complexity index is 589. The summed E-state index contributed by atoms with van der Waals surface area (Å²) in [6, 6.07) is 1.22. The van der Waals surface area contributed by atoms with E-state index in [1.807, 2.05) is 0 Å². The van der Waals surface area contributed by atoms with Crippen LogP contribution in [0.4, 0.5) is 18.0 Å². The van der Waals surface area contributed by atoms with Crippen LogP contribution < -0.4 is 10.6 Å². The first-order valence-electron chi connectivity index (χ1n) is 9.13. The average Bonchev–Trinajstić information content (AvgIpc) is 3.31. The first-order valence-corrected chi connectivity index (χ1v) is 9.13. The Labute approximate surface area is 145 Å². The number of carbonyl (C=O) groups excluding carboxylic acids is 1. The van der Waals surface area contributed by atoms with Crippen LogP contribution in [0.3, 0.4) is 0 Å². The number of hydrogen-bond donors (Lipinski definition) is 2. The fourth-order valence-electron chi connectivity index (χ4n) is 3.37. The van der Waals surface area contributed by atoms with E-state index in [1.54, 1.807) is 0 Å². The first-order chi connectivity index (χ1) is 11.9. The first kappa shape index (κ1) is 18.1. The second kappa shape index (κ2) is 7.66. The zero-order valence-corrected chi connectivity index (χ0v) is 14.2. The van der Waals surface area contributed by atoms with Gasteiger partial charge in [-0.05, 0) is 38.2 Å². The molecular weight excluding hydrogens is 333 g/mol. The topological polar surface area (TPSA) is 59.0 Å². The van der Waals surface area contributed by atoms with Crippen molar-refractivity contribution in [2.75, 3.05) is 6.54 Å². The zero-order valence-electron chi connectivity index (χ0n) is 14.2. The molecule has 0 saturated heterocycles. The number of aryl methyl sites for hydroxylation is 1. The molecule has 0 aliphatic heterocycles. The lowest BCUT2D eigenvalue weighted by Gasteiger charge is -2.22. The molecule has 0 atom stereocenters. The van der Waals surface area contributed by atoms with E-state index in [-0.39, 0.29) is 18.0 Å². The second-order valence-electron chi connectivity index (χ2n) is 7.04. The van der Waals surface area contributed by atoms with Gasteiger partial charge in [-0.15, -0.1) is 0 Å². The molecule has 2 fully saturated rings. The molecule has 2 saturated carbocycles. The molecule has 0 unspecified atom stereocenters. The van der Waals surface area contributed by atoms with E-state index in [9.17, 15) is 18.0 Å². The maximum Gasteiger partial charge on any atom is 0.435 e. The second-order valence-corrected chi connectivity index (χ2v) is 7.04. The summed E-state index contributed by atoms with van der Waals surface area (Å²) in [5, 5.41) is 9.46. The van der Waals surface area contributed by atoms with Gasteiger partial charge in [0.05, 0.1) is 0 Å². The van der Waals surface area contributed by atoms with Crippen LogP contribution in [0.25, 0.3) is 0 Å². The summed E-state index contributed by atoms with van der Waals surface area (Å²) in [5.41, 5.74) is -0.156. The van der Waals surface area contributed by atoms with Gasteiger partial charge >= 0.3 is 12.2 Å². The van der Waals surface area contributed by atoms with Crippen LogP contribution in [0.5, 0.6) is 0 Å². The molecule has 0 spiro atoms. The van der Waals surface area contributed by atoms with Crippen molar-refractivity contribution in [3.63, 3.8) is 0 Å². The number of hydrogen-bond acceptors (Lipinski definition) is 2. The van der Waals surface area contributed by atoms with Crippen LogP contribution in [-0.2, 0) is 12.7 Å². The van der Waals surface area contributed by atoms with Crippen molar-refractivity contribution >= 4 is 6.03 Å². The predicted octanol–water partition coefficient (Wildman–Crippen LogP) is 3.80. The third-order valence-electron chi connectivity index (χ3n) is 4.87. The van der Waals surface area contributed by atoms with Gasteiger partial charge in [-0.25, -0.2) is 4.79 Å². The lowest BCUT2D eigenvalue weighted by molar-refractivity contribution is -0.141. The molecule has 140 valence electrons. The Morgan fingerprint density at radius 3 is 2.56 bits per heavy atom. The van der Waals surface area contributed by atoms with Gasteiger partial charge in [-0.2, -0.15) is 18.3 Å². The number of aromatic nitrogens is 2. The number of carbonyl (C=O) groups is 1. The van der Waals surface area contributed by atoms with Crippen LogP contribution in [0.1, 0.15) is 68.7 Å². The minimum atomic E-state index is -4.41. The molecule has 2 N–H and O–H groups in total. The smallest absolute Gasteiger partial charge is 0.338 e. The van der Waals surface area contributed by atoms with E-state index in [1.165, 1.54) is 17.2 Å². The Hall–Kier alpha value is -1.73. The molecular formula is C17H25F3N4O. The standard InChI is InChI=1S/C17H25F3N4O/c18-17(19,20)15-11-14(12-7-8-12)24(23-15)10-4-9-21-16(25)22-13-5-2-1-3-6-13/h11-13H,1-10H2,(H2,21,22,25). The van der Waals surface area contributed by atoms with Crippen LogP contribution >= 0.6 is 0 Å². The Morgan fingerprint density at radius 2 is 1.92 bits per heavy atom. The molecule has 3 rings (SSSR count). The van der Waals surface area contributed by atoms with Gasteiger partial charge in [-0.1, -0.05) is 19.3 Å². The largest absolute Gasteiger partial charge is 0.435 e. The molecule has 5 nitrogen and oxygen atoms in total.